The highest BCUT2D eigenvalue weighted by Gasteiger charge is 2.14. The molecule has 0 radical (unpaired) electrons. The Morgan fingerprint density at radius 3 is 1.91 bits per heavy atom. The smallest absolute Gasteiger partial charge is 0.180 e. The van der Waals surface area contributed by atoms with Gasteiger partial charge in [-0.05, 0) is 20.8 Å². The van der Waals surface area contributed by atoms with Crippen molar-refractivity contribution in [2.75, 3.05) is 20.8 Å². The molecule has 2 nitrogen and oxygen atoms in total. The highest BCUT2D eigenvalue weighted by atomic mass is 31.1. The summed E-state index contributed by atoms with van der Waals surface area (Å²) in [4.78, 5) is 13.3. The number of ketones is 1. The summed E-state index contributed by atoms with van der Waals surface area (Å²) in [5, 5.41) is 0. The molecule has 0 atom stereocenters. The maximum Gasteiger partial charge on any atom is 0.180 e. The Morgan fingerprint density at radius 1 is 1.36 bits per heavy atom. The number of Topliss-reactive ketones (excluding diaryl/α,β-unsaturated/α-hetero) is 1. The summed E-state index contributed by atoms with van der Waals surface area (Å²) >= 11 is 0. The predicted molar refractivity (Wildman–Crippen MR) is 51.4 cm³/mol. The van der Waals surface area contributed by atoms with Gasteiger partial charge in [-0.2, -0.15) is 0 Å². The number of hydrogen-bond acceptors (Lipinski definition) is 1. The highest BCUT2D eigenvalue weighted by molar-refractivity contribution is 7.42. The molecule has 0 saturated carbocycles. The number of carbonyl (C=O) groups is 1. The van der Waals surface area contributed by atoms with Gasteiger partial charge in [-0.1, -0.05) is 22.1 Å². The van der Waals surface area contributed by atoms with Crippen LogP contribution >= 0.6 is 8.20 Å². The van der Waals surface area contributed by atoms with Gasteiger partial charge in [-0.3, -0.25) is 9.69 Å². The van der Waals surface area contributed by atoms with E-state index in [-0.39, 0.29) is 11.7 Å². The molecule has 0 fully saturated rings. The Labute approximate surface area is 70.4 Å². The van der Waals surface area contributed by atoms with Crippen molar-refractivity contribution in [2.45, 2.75) is 13.8 Å². The summed E-state index contributed by atoms with van der Waals surface area (Å²) in [6, 6.07) is 0. The van der Waals surface area contributed by atoms with Crippen LogP contribution in [-0.2, 0) is 4.79 Å². The van der Waals surface area contributed by atoms with Crippen molar-refractivity contribution in [3.8, 4) is 0 Å². The molecule has 0 saturated heterocycles. The van der Waals surface area contributed by atoms with Crippen LogP contribution in [0, 0.1) is 5.92 Å². The van der Waals surface area contributed by atoms with E-state index < -0.39 is 0 Å². The zero-order valence-corrected chi connectivity index (χ0v) is 8.77. The number of hydrogen-bond donors (Lipinski definition) is 0. The van der Waals surface area contributed by atoms with Crippen LogP contribution in [0.4, 0.5) is 0 Å². The molecule has 0 unspecified atom stereocenters. The molecule has 0 heterocycles. The second-order valence-corrected chi connectivity index (χ2v) is 3.83. The summed E-state index contributed by atoms with van der Waals surface area (Å²) in [7, 11) is 4.87. The van der Waals surface area contributed by atoms with Crippen molar-refractivity contribution < 1.29 is 4.79 Å². The van der Waals surface area contributed by atoms with Crippen molar-refractivity contribution in [3.63, 3.8) is 0 Å². The average Bonchev–Trinajstić information content (AvgIpc) is 1.88. The van der Waals surface area contributed by atoms with Crippen molar-refractivity contribution in [2.24, 2.45) is 5.92 Å². The molecule has 11 heavy (non-hydrogen) atoms. The standard InChI is InChI=1S/C8H16NOP/c1-6(2)7(10)8(11-5)9(3)4/h6H,1-5H3. The van der Waals surface area contributed by atoms with Crippen LogP contribution in [-0.4, -0.2) is 36.9 Å². The Hall–Kier alpha value is -0.200. The van der Waals surface area contributed by atoms with Gasteiger partial charge in [0, 0.05) is 5.92 Å². The van der Waals surface area contributed by atoms with Gasteiger partial charge < -0.3 is 0 Å². The molecule has 0 aromatic heterocycles. The molecule has 0 rings (SSSR count). The van der Waals surface area contributed by atoms with Gasteiger partial charge in [-0.25, -0.2) is 0 Å². The minimum atomic E-state index is 0.111. The minimum absolute atomic E-state index is 0.111. The molecular formula is C8H16NOP. The summed E-state index contributed by atoms with van der Waals surface area (Å²) in [6.45, 7) is 5.84. The Balaban J connectivity index is 4.42. The Kier molecular flexibility index (Phi) is 4.55. The van der Waals surface area contributed by atoms with E-state index in [2.05, 4.69) is 0 Å². The molecule has 0 amide bonds. The normalized spacial score (nSPS) is 12.8. The third kappa shape index (κ3) is 3.13. The molecule has 0 spiro atoms. The van der Waals surface area contributed by atoms with Gasteiger partial charge in [0.2, 0.25) is 0 Å². The van der Waals surface area contributed by atoms with Crippen molar-refractivity contribution >= 4 is 19.4 Å². The van der Waals surface area contributed by atoms with E-state index in [1.807, 2.05) is 39.5 Å². The molecule has 0 aromatic rings. The fraction of sp³-hybridized carbons (Fsp3) is 0.750. The summed E-state index contributed by atoms with van der Waals surface area (Å²) in [6.07, 6.45) is 0. The van der Waals surface area contributed by atoms with E-state index in [0.29, 0.717) is 0 Å². The SMILES string of the molecule is CP=C(C(=O)C(C)C)N(C)C. The van der Waals surface area contributed by atoms with Crippen molar-refractivity contribution in [1.29, 1.82) is 0 Å². The van der Waals surface area contributed by atoms with E-state index in [1.165, 1.54) is 0 Å². The zero-order chi connectivity index (χ0) is 9.02. The highest BCUT2D eigenvalue weighted by Crippen LogP contribution is 2.04. The average molecular weight is 173 g/mol. The van der Waals surface area contributed by atoms with Crippen LogP contribution in [0.15, 0.2) is 0 Å². The second-order valence-electron chi connectivity index (χ2n) is 2.96. The molecule has 0 aliphatic rings. The van der Waals surface area contributed by atoms with E-state index in [4.69, 9.17) is 0 Å². The first-order valence-corrected chi connectivity index (χ1v) is 5.03. The first kappa shape index (κ1) is 10.8. The topological polar surface area (TPSA) is 20.3 Å². The molecule has 0 aromatic carbocycles. The molecule has 0 aliphatic heterocycles. The maximum atomic E-state index is 11.4. The summed E-state index contributed by atoms with van der Waals surface area (Å²) in [5.74, 6) is 0.360. The number of nitrogens with zero attached hydrogens (tertiary/aromatic N) is 1. The molecule has 64 valence electrons. The summed E-state index contributed by atoms with van der Waals surface area (Å²) < 4.78 is 0. The Bertz CT molecular complexity index is 173. The van der Waals surface area contributed by atoms with Gasteiger partial charge in [0.05, 0.1) is 5.42 Å². The number of carbonyl (C=O) groups excluding carboxylic acids is 1. The molecule has 0 N–H and O–H groups in total. The van der Waals surface area contributed by atoms with Crippen LogP contribution < -0.4 is 0 Å². The first-order valence-electron chi connectivity index (χ1n) is 3.69. The lowest BCUT2D eigenvalue weighted by atomic mass is 10.1. The number of rotatable bonds is 3. The quantitative estimate of drug-likeness (QED) is 0.602. The third-order valence-corrected chi connectivity index (χ3v) is 2.42. The fourth-order valence-electron chi connectivity index (χ4n) is 0.789. The molecular weight excluding hydrogens is 157 g/mol. The fourth-order valence-corrected chi connectivity index (χ4v) is 1.67. The monoisotopic (exact) mass is 173 g/mol. The predicted octanol–water partition coefficient (Wildman–Crippen LogP) is 1.48. The summed E-state index contributed by atoms with van der Waals surface area (Å²) in [5.41, 5.74) is 0.889. The van der Waals surface area contributed by atoms with Crippen LogP contribution in [0.3, 0.4) is 0 Å². The largest absolute Gasteiger partial charge is 0.292 e. The Morgan fingerprint density at radius 2 is 1.82 bits per heavy atom. The van der Waals surface area contributed by atoms with Crippen molar-refractivity contribution in [3.05, 3.63) is 0 Å². The maximum absolute atomic E-state index is 11.4. The van der Waals surface area contributed by atoms with Crippen LogP contribution in [0.2, 0.25) is 0 Å². The van der Waals surface area contributed by atoms with Crippen LogP contribution in [0.5, 0.6) is 0 Å². The molecule has 3 heteroatoms. The van der Waals surface area contributed by atoms with E-state index >= 15 is 0 Å². The van der Waals surface area contributed by atoms with Gasteiger partial charge in [0.1, 0.15) is 0 Å². The lowest BCUT2D eigenvalue weighted by Crippen LogP contribution is -2.31. The van der Waals surface area contributed by atoms with E-state index in [1.54, 1.807) is 0 Å². The lowest BCUT2D eigenvalue weighted by molar-refractivity contribution is -0.115. The lowest BCUT2D eigenvalue weighted by Gasteiger charge is -2.14. The van der Waals surface area contributed by atoms with Gasteiger partial charge in [0.15, 0.2) is 5.78 Å². The van der Waals surface area contributed by atoms with Crippen molar-refractivity contribution in [1.82, 2.24) is 4.90 Å². The zero-order valence-electron chi connectivity index (χ0n) is 7.88. The number of likely N-dealkylation sites (N-methyl/N-ethyl adjacent to an activating group) is 1. The van der Waals surface area contributed by atoms with Gasteiger partial charge in [0.25, 0.3) is 0 Å². The van der Waals surface area contributed by atoms with Gasteiger partial charge >= 0.3 is 0 Å². The first-order chi connectivity index (χ1) is 5.00. The molecule has 0 bridgehead atoms. The molecule has 0 aliphatic carbocycles. The van der Waals surface area contributed by atoms with Gasteiger partial charge in [-0.15, -0.1) is 0 Å². The van der Waals surface area contributed by atoms with Crippen LogP contribution in [0.1, 0.15) is 13.8 Å². The van der Waals surface area contributed by atoms with E-state index in [9.17, 15) is 4.79 Å². The van der Waals surface area contributed by atoms with E-state index in [0.717, 1.165) is 13.6 Å². The second kappa shape index (κ2) is 4.63. The van der Waals surface area contributed by atoms with Crippen LogP contribution in [0.25, 0.3) is 0 Å². The minimum Gasteiger partial charge on any atom is -0.292 e. The third-order valence-electron chi connectivity index (χ3n) is 1.38.